The van der Waals surface area contributed by atoms with Gasteiger partial charge in [-0.25, -0.2) is 0 Å². The number of fused-ring (bicyclic) bond motifs is 3. The molecule has 2 unspecified atom stereocenters. The minimum atomic E-state index is -2.62. The number of hydrogen-bond donors (Lipinski definition) is 0. The Labute approximate surface area is 224 Å². The van der Waals surface area contributed by atoms with Crippen molar-refractivity contribution in [1.29, 1.82) is 0 Å². The number of methoxy groups -OCH3 is 2. The summed E-state index contributed by atoms with van der Waals surface area (Å²) >= 11 is 0. The summed E-state index contributed by atoms with van der Waals surface area (Å²) in [4.78, 5) is 15.7. The highest BCUT2D eigenvalue weighted by molar-refractivity contribution is 6.73. The highest BCUT2D eigenvalue weighted by atomic mass is 16.5. The number of ether oxygens (including phenoxy) is 2. The highest BCUT2D eigenvalue weighted by Gasteiger charge is 2.65. The van der Waals surface area contributed by atoms with Crippen molar-refractivity contribution in [3.05, 3.63) is 23.3 Å². The van der Waals surface area contributed by atoms with Crippen molar-refractivity contribution in [3.8, 4) is 11.5 Å². The number of piperidine rings is 1. The molecule has 0 bridgehead atoms. The van der Waals surface area contributed by atoms with Crippen LogP contribution < -0.4 is 9.47 Å². The van der Waals surface area contributed by atoms with Crippen LogP contribution in [-0.2, 0) is 11.2 Å². The van der Waals surface area contributed by atoms with E-state index in [2.05, 4.69) is 0 Å². The summed E-state index contributed by atoms with van der Waals surface area (Å²) in [5, 5.41) is -14.7. The molecular weight excluding hydrogens is 420 g/mol. The Balaban J connectivity index is 2.19. The zero-order valence-electron chi connectivity index (χ0n) is 20.0. The molecular formula is C19H15B12NO3. The highest BCUT2D eigenvalue weighted by Crippen LogP contribution is 2.76. The first-order valence-electron chi connectivity index (χ1n) is 10.7. The monoisotopic (exact) mass is 437 g/mol. The molecule has 0 saturated carbocycles. The van der Waals surface area contributed by atoms with Crippen molar-refractivity contribution in [2.45, 2.75) is 43.7 Å². The maximum atomic E-state index is 13.9. The third-order valence-corrected chi connectivity index (χ3v) is 7.43. The van der Waals surface area contributed by atoms with Gasteiger partial charge in [0.1, 0.15) is 5.78 Å². The number of benzene rings is 1. The van der Waals surface area contributed by atoms with Gasteiger partial charge >= 0.3 is 0 Å². The summed E-state index contributed by atoms with van der Waals surface area (Å²) in [6.07, 6.45) is 0.520. The Morgan fingerprint density at radius 2 is 1.37 bits per heavy atom. The fourth-order valence-electron chi connectivity index (χ4n) is 5.39. The van der Waals surface area contributed by atoms with E-state index in [0.717, 1.165) is 5.56 Å². The van der Waals surface area contributed by atoms with Gasteiger partial charge in [-0.3, -0.25) is 4.90 Å². The Morgan fingerprint density at radius 1 is 0.886 bits per heavy atom. The van der Waals surface area contributed by atoms with Crippen LogP contribution in [0.4, 0.5) is 0 Å². The third kappa shape index (κ3) is 3.89. The first kappa shape index (κ1) is 28.8. The van der Waals surface area contributed by atoms with Crippen LogP contribution in [0.1, 0.15) is 17.2 Å². The van der Waals surface area contributed by atoms with Crippen LogP contribution in [0.2, 0.25) is 31.3 Å². The summed E-state index contributed by atoms with van der Waals surface area (Å²) in [6, 6.07) is 2.67. The first-order chi connectivity index (χ1) is 15.7. The second kappa shape index (κ2) is 8.63. The van der Waals surface area contributed by atoms with Gasteiger partial charge in [0.05, 0.1) is 108 Å². The molecule has 2 heterocycles. The van der Waals surface area contributed by atoms with Gasteiger partial charge in [0.15, 0.2) is 11.5 Å². The number of carbonyl (C=O) groups is 1. The van der Waals surface area contributed by atoms with Crippen molar-refractivity contribution in [2.75, 3.05) is 27.3 Å². The molecule has 3 rings (SSSR count). The summed E-state index contributed by atoms with van der Waals surface area (Å²) in [5.41, 5.74) is 1.50. The fraction of sp³-hybridized carbons (Fsp3) is 0.632. The molecule has 35 heavy (non-hydrogen) atoms. The summed E-state index contributed by atoms with van der Waals surface area (Å²) < 4.78 is 10.8. The Kier molecular flexibility index (Phi) is 7.10. The second-order valence-electron chi connectivity index (χ2n) is 9.81. The van der Waals surface area contributed by atoms with Crippen LogP contribution in [0, 0.1) is 0 Å². The smallest absolute Gasteiger partial charge is 0.161 e. The van der Waals surface area contributed by atoms with Crippen LogP contribution in [0.25, 0.3) is 0 Å². The normalized spacial score (nSPS) is 25.3. The second-order valence-corrected chi connectivity index (χ2v) is 9.81. The predicted molar refractivity (Wildman–Crippen MR) is 148 cm³/mol. The van der Waals surface area contributed by atoms with Gasteiger partial charge in [-0.05, 0) is 40.2 Å². The molecule has 1 aromatic rings. The molecule has 1 saturated heterocycles. The van der Waals surface area contributed by atoms with E-state index in [-0.39, 0.29) is 6.54 Å². The lowest BCUT2D eigenvalue weighted by Gasteiger charge is -2.72. The molecule has 2 aliphatic rings. The van der Waals surface area contributed by atoms with E-state index in [1.54, 1.807) is 17.0 Å². The summed E-state index contributed by atoms with van der Waals surface area (Å²) in [5.74, 6) is -0.0182. The average molecular weight is 435 g/mol. The molecule has 2 atom stereocenters. The lowest BCUT2D eigenvalue weighted by Crippen LogP contribution is -2.65. The number of carbonyl (C=O) groups excluding carboxylic acids is 1. The molecule has 0 spiro atoms. The zero-order chi connectivity index (χ0) is 27.0. The maximum absolute atomic E-state index is 13.9. The Morgan fingerprint density at radius 3 is 1.83 bits per heavy atom. The predicted octanol–water partition coefficient (Wildman–Crippen LogP) is -2.10. The SMILES string of the molecule is [B]C1([B])C(=O)C([B])(C([B])([B])C([B])(C([B])([B])[B])C([B])([B])[B])CN2CCc3cc(OC)c(OC)cc3C21. The first-order valence-corrected chi connectivity index (χ1v) is 10.7. The average Bonchev–Trinajstić information content (AvgIpc) is 2.73. The van der Waals surface area contributed by atoms with Crippen molar-refractivity contribution < 1.29 is 14.3 Å². The quantitative estimate of drug-likeness (QED) is 0.481. The molecule has 4 nitrogen and oxygen atoms in total. The molecule has 1 aromatic carbocycles. The molecule has 2 aliphatic heterocycles. The van der Waals surface area contributed by atoms with Gasteiger partial charge < -0.3 is 14.3 Å². The van der Waals surface area contributed by atoms with Crippen molar-refractivity contribution in [3.63, 3.8) is 0 Å². The molecule has 0 amide bonds. The van der Waals surface area contributed by atoms with Crippen molar-refractivity contribution >= 4 is 99.9 Å². The van der Waals surface area contributed by atoms with E-state index >= 15 is 0 Å². The van der Waals surface area contributed by atoms with E-state index in [1.165, 1.54) is 14.2 Å². The lowest BCUT2D eigenvalue weighted by molar-refractivity contribution is -0.130. The molecule has 24 radical (unpaired) electrons. The van der Waals surface area contributed by atoms with Crippen LogP contribution in [0.5, 0.6) is 11.5 Å². The Bertz CT molecular complexity index is 1010. The van der Waals surface area contributed by atoms with Gasteiger partial charge in [-0.1, -0.05) is 5.21 Å². The standard InChI is InChI=1S/C19H15B12NO3/c1-34-10-5-8-3-4-32-7-14(20,17(24,25)16(23,18(26,27)28)19(29,30)31)13(33)15(21,22)12(32)9(8)6-11(10)35-2/h5-6,12H,3-4,7H2,1-2H3. The zero-order valence-corrected chi connectivity index (χ0v) is 20.0. The van der Waals surface area contributed by atoms with Crippen molar-refractivity contribution in [2.24, 2.45) is 0 Å². The Hall–Kier alpha value is -0.771. The topological polar surface area (TPSA) is 38.8 Å². The van der Waals surface area contributed by atoms with Gasteiger partial charge in [0, 0.05) is 19.1 Å². The summed E-state index contributed by atoms with van der Waals surface area (Å²) in [7, 11) is 77.1. The number of nitrogens with zero attached hydrogens (tertiary/aromatic N) is 1. The fourth-order valence-corrected chi connectivity index (χ4v) is 5.39. The minimum absolute atomic E-state index is 0.279. The van der Waals surface area contributed by atoms with Gasteiger partial charge in [-0.15, -0.1) is 15.5 Å². The molecule has 16 heteroatoms. The molecule has 0 aliphatic carbocycles. The largest absolute Gasteiger partial charge is 0.493 e. The van der Waals surface area contributed by atoms with E-state index in [0.29, 0.717) is 30.0 Å². The van der Waals surface area contributed by atoms with Gasteiger partial charge in [-0.2, -0.15) is 0 Å². The third-order valence-electron chi connectivity index (χ3n) is 7.43. The van der Waals surface area contributed by atoms with Gasteiger partial charge in [0.25, 0.3) is 0 Å². The number of Topliss-reactive ketones (excluding diaryl/α,β-unsaturated/α-hetero) is 1. The van der Waals surface area contributed by atoms with Crippen LogP contribution in [0.3, 0.4) is 0 Å². The van der Waals surface area contributed by atoms with Crippen LogP contribution in [-0.4, -0.2) is 132 Å². The molecule has 0 N–H and O–H groups in total. The van der Waals surface area contributed by atoms with E-state index in [4.69, 9.17) is 104 Å². The van der Waals surface area contributed by atoms with Crippen LogP contribution in [0.15, 0.2) is 12.1 Å². The van der Waals surface area contributed by atoms with Crippen molar-refractivity contribution in [1.82, 2.24) is 4.90 Å². The van der Waals surface area contributed by atoms with Crippen LogP contribution >= 0.6 is 0 Å². The van der Waals surface area contributed by atoms with E-state index in [9.17, 15) is 4.79 Å². The number of rotatable bonds is 6. The maximum Gasteiger partial charge on any atom is 0.161 e. The molecule has 150 valence electrons. The van der Waals surface area contributed by atoms with E-state index < -0.39 is 43.1 Å². The number of ketones is 1. The minimum Gasteiger partial charge on any atom is -0.493 e. The molecule has 0 aromatic heterocycles. The molecule has 1 fully saturated rings. The van der Waals surface area contributed by atoms with Gasteiger partial charge in [0.2, 0.25) is 0 Å². The lowest BCUT2D eigenvalue weighted by atomic mass is 9.04. The number of hydrogen-bond acceptors (Lipinski definition) is 4. The summed E-state index contributed by atoms with van der Waals surface area (Å²) in [6.45, 7) is 0.0831. The van der Waals surface area contributed by atoms with E-state index in [1.807, 2.05) is 0 Å².